The van der Waals surface area contributed by atoms with E-state index >= 15 is 0 Å². The van der Waals surface area contributed by atoms with Crippen molar-refractivity contribution >= 4 is 17.5 Å². The van der Waals surface area contributed by atoms with Gasteiger partial charge in [-0.2, -0.15) is 0 Å². The van der Waals surface area contributed by atoms with Crippen molar-refractivity contribution < 1.29 is 9.59 Å². The van der Waals surface area contributed by atoms with Gasteiger partial charge in [-0.05, 0) is 37.0 Å². The van der Waals surface area contributed by atoms with Crippen LogP contribution in [0.2, 0.25) is 0 Å². The van der Waals surface area contributed by atoms with Crippen molar-refractivity contribution in [2.45, 2.75) is 19.3 Å². The van der Waals surface area contributed by atoms with E-state index in [2.05, 4.69) is 22.8 Å². The van der Waals surface area contributed by atoms with E-state index in [9.17, 15) is 9.59 Å². The number of hydrogen-bond donors (Lipinski definition) is 2. The van der Waals surface area contributed by atoms with E-state index < -0.39 is 11.8 Å². The molecule has 4 heteroatoms. The standard InChI is InChI=1S/C18H20N2O2/c21-17(18(22)20-16-12-5-2-6-13-16)19-14-8-7-11-15-9-3-1-4-10-15/h1-6,9-10,12-13H,7-8,11,14H2,(H,19,21)(H,20,22). The Kier molecular flexibility index (Phi) is 6.18. The number of hydrogen-bond acceptors (Lipinski definition) is 2. The zero-order chi connectivity index (χ0) is 15.6. The highest BCUT2D eigenvalue weighted by Gasteiger charge is 2.12. The van der Waals surface area contributed by atoms with E-state index in [0.717, 1.165) is 19.3 Å². The van der Waals surface area contributed by atoms with E-state index in [1.165, 1.54) is 5.56 Å². The average molecular weight is 296 g/mol. The van der Waals surface area contributed by atoms with Gasteiger partial charge < -0.3 is 10.6 Å². The number of anilines is 1. The van der Waals surface area contributed by atoms with Crippen molar-refractivity contribution in [1.29, 1.82) is 0 Å². The molecule has 114 valence electrons. The second kappa shape index (κ2) is 8.62. The van der Waals surface area contributed by atoms with Crippen LogP contribution < -0.4 is 10.6 Å². The summed E-state index contributed by atoms with van der Waals surface area (Å²) in [5.41, 5.74) is 1.90. The Bertz CT molecular complexity index is 597. The smallest absolute Gasteiger partial charge is 0.313 e. The highest BCUT2D eigenvalue weighted by molar-refractivity contribution is 6.39. The van der Waals surface area contributed by atoms with Crippen molar-refractivity contribution in [2.75, 3.05) is 11.9 Å². The van der Waals surface area contributed by atoms with Crippen LogP contribution in [0.5, 0.6) is 0 Å². The molecule has 2 amide bonds. The molecule has 0 fully saturated rings. The summed E-state index contributed by atoms with van der Waals surface area (Å²) in [4.78, 5) is 23.3. The lowest BCUT2D eigenvalue weighted by molar-refractivity contribution is -0.136. The van der Waals surface area contributed by atoms with Crippen LogP contribution in [0.1, 0.15) is 18.4 Å². The van der Waals surface area contributed by atoms with Crippen LogP contribution in [-0.2, 0) is 16.0 Å². The Balaban J connectivity index is 1.62. The molecule has 2 N–H and O–H groups in total. The largest absolute Gasteiger partial charge is 0.348 e. The van der Waals surface area contributed by atoms with Crippen molar-refractivity contribution in [3.05, 3.63) is 66.2 Å². The minimum atomic E-state index is -0.630. The molecule has 0 bridgehead atoms. The zero-order valence-electron chi connectivity index (χ0n) is 12.4. The van der Waals surface area contributed by atoms with Gasteiger partial charge in [0, 0.05) is 12.2 Å². The first-order valence-corrected chi connectivity index (χ1v) is 7.44. The predicted octanol–water partition coefficient (Wildman–Crippen LogP) is 2.76. The molecular weight excluding hydrogens is 276 g/mol. The zero-order valence-corrected chi connectivity index (χ0v) is 12.4. The maximum atomic E-state index is 11.7. The van der Waals surface area contributed by atoms with Gasteiger partial charge in [0.05, 0.1) is 0 Å². The van der Waals surface area contributed by atoms with Crippen LogP contribution in [0.3, 0.4) is 0 Å². The summed E-state index contributed by atoms with van der Waals surface area (Å²) >= 11 is 0. The van der Waals surface area contributed by atoms with E-state index in [4.69, 9.17) is 0 Å². The quantitative estimate of drug-likeness (QED) is 0.636. The van der Waals surface area contributed by atoms with Gasteiger partial charge >= 0.3 is 11.8 Å². The highest BCUT2D eigenvalue weighted by atomic mass is 16.2. The number of carbonyl (C=O) groups excluding carboxylic acids is 2. The van der Waals surface area contributed by atoms with Gasteiger partial charge in [0.2, 0.25) is 0 Å². The normalized spacial score (nSPS) is 10.0. The summed E-state index contributed by atoms with van der Waals surface area (Å²) in [6.07, 6.45) is 2.80. The monoisotopic (exact) mass is 296 g/mol. The summed E-state index contributed by atoms with van der Waals surface area (Å²) < 4.78 is 0. The van der Waals surface area contributed by atoms with Gasteiger partial charge in [-0.25, -0.2) is 0 Å². The second-order valence-electron chi connectivity index (χ2n) is 5.02. The molecule has 22 heavy (non-hydrogen) atoms. The molecule has 0 radical (unpaired) electrons. The lowest BCUT2D eigenvalue weighted by Crippen LogP contribution is -2.35. The summed E-state index contributed by atoms with van der Waals surface area (Å²) in [7, 11) is 0. The van der Waals surface area contributed by atoms with E-state index in [1.54, 1.807) is 24.3 Å². The van der Waals surface area contributed by atoms with Crippen LogP contribution in [-0.4, -0.2) is 18.4 Å². The number of amides is 2. The molecule has 0 aliphatic carbocycles. The third-order valence-electron chi connectivity index (χ3n) is 3.26. The van der Waals surface area contributed by atoms with Crippen LogP contribution in [0.4, 0.5) is 5.69 Å². The first-order chi connectivity index (χ1) is 10.8. The van der Waals surface area contributed by atoms with E-state index in [1.807, 2.05) is 24.3 Å². The Morgan fingerprint density at radius 2 is 1.41 bits per heavy atom. The number of benzene rings is 2. The van der Waals surface area contributed by atoms with Crippen molar-refractivity contribution in [1.82, 2.24) is 5.32 Å². The predicted molar refractivity (Wildman–Crippen MR) is 87.5 cm³/mol. The van der Waals surface area contributed by atoms with Gasteiger partial charge in [-0.3, -0.25) is 9.59 Å². The lowest BCUT2D eigenvalue weighted by atomic mass is 10.1. The van der Waals surface area contributed by atoms with Crippen LogP contribution >= 0.6 is 0 Å². The Hall–Kier alpha value is -2.62. The van der Waals surface area contributed by atoms with Crippen molar-refractivity contribution in [2.24, 2.45) is 0 Å². The number of aryl methyl sites for hydroxylation is 1. The number of unbranched alkanes of at least 4 members (excludes halogenated alkanes) is 1. The van der Waals surface area contributed by atoms with Gasteiger partial charge in [0.25, 0.3) is 0 Å². The number of para-hydroxylation sites is 1. The SMILES string of the molecule is O=C(NCCCCc1ccccc1)C(=O)Nc1ccccc1. The molecule has 0 unspecified atom stereocenters. The minimum Gasteiger partial charge on any atom is -0.348 e. The average Bonchev–Trinajstić information content (AvgIpc) is 2.56. The molecule has 0 spiro atoms. The first kappa shape index (κ1) is 15.8. The molecule has 0 heterocycles. The molecule has 0 saturated heterocycles. The fraction of sp³-hybridized carbons (Fsp3) is 0.222. The van der Waals surface area contributed by atoms with Crippen molar-refractivity contribution in [3.8, 4) is 0 Å². The second-order valence-corrected chi connectivity index (χ2v) is 5.02. The molecule has 0 aromatic heterocycles. The highest BCUT2D eigenvalue weighted by Crippen LogP contribution is 2.05. The molecule has 0 aliphatic rings. The molecule has 0 saturated carbocycles. The topological polar surface area (TPSA) is 58.2 Å². The number of nitrogens with one attached hydrogen (secondary N) is 2. The molecule has 2 rings (SSSR count). The maximum absolute atomic E-state index is 11.7. The summed E-state index contributed by atoms with van der Waals surface area (Å²) in [5.74, 6) is -1.22. The molecule has 2 aromatic rings. The summed E-state index contributed by atoms with van der Waals surface area (Å²) in [5, 5.41) is 5.20. The number of rotatable bonds is 6. The van der Waals surface area contributed by atoms with Gasteiger partial charge in [0.1, 0.15) is 0 Å². The molecule has 2 aromatic carbocycles. The summed E-state index contributed by atoms with van der Waals surface area (Å²) in [6, 6.07) is 19.1. The fourth-order valence-corrected chi connectivity index (χ4v) is 2.09. The van der Waals surface area contributed by atoms with Gasteiger partial charge in [-0.15, -0.1) is 0 Å². The number of carbonyl (C=O) groups is 2. The van der Waals surface area contributed by atoms with E-state index in [-0.39, 0.29) is 0 Å². The Labute approximate surface area is 130 Å². The fourth-order valence-electron chi connectivity index (χ4n) is 2.09. The third kappa shape index (κ3) is 5.40. The molecule has 0 atom stereocenters. The van der Waals surface area contributed by atoms with Crippen LogP contribution in [0.15, 0.2) is 60.7 Å². The van der Waals surface area contributed by atoms with Gasteiger partial charge in [-0.1, -0.05) is 48.5 Å². The van der Waals surface area contributed by atoms with Crippen LogP contribution in [0.25, 0.3) is 0 Å². The van der Waals surface area contributed by atoms with Crippen molar-refractivity contribution in [3.63, 3.8) is 0 Å². The molecule has 4 nitrogen and oxygen atoms in total. The summed E-state index contributed by atoms with van der Waals surface area (Å²) in [6.45, 7) is 0.508. The molecule has 0 aliphatic heterocycles. The molecular formula is C18H20N2O2. The van der Waals surface area contributed by atoms with Gasteiger partial charge in [0.15, 0.2) is 0 Å². The third-order valence-corrected chi connectivity index (χ3v) is 3.26. The van der Waals surface area contributed by atoms with Crippen LogP contribution in [0, 0.1) is 0 Å². The minimum absolute atomic E-state index is 0.508. The maximum Gasteiger partial charge on any atom is 0.313 e. The first-order valence-electron chi connectivity index (χ1n) is 7.44. The Morgan fingerprint density at radius 1 is 0.773 bits per heavy atom. The lowest BCUT2D eigenvalue weighted by Gasteiger charge is -2.06. The van der Waals surface area contributed by atoms with E-state index in [0.29, 0.717) is 12.2 Å². The Morgan fingerprint density at radius 3 is 2.09 bits per heavy atom.